The molecule has 0 amide bonds. The van der Waals surface area contributed by atoms with E-state index in [2.05, 4.69) is 4.98 Å². The van der Waals surface area contributed by atoms with Crippen LogP contribution < -0.4 is 0 Å². The van der Waals surface area contributed by atoms with Crippen LogP contribution >= 0.6 is 0 Å². The molecule has 1 N–H and O–H groups in total. The number of rotatable bonds is 6. The van der Waals surface area contributed by atoms with Crippen molar-refractivity contribution in [2.24, 2.45) is 0 Å². The molecule has 0 fully saturated rings. The van der Waals surface area contributed by atoms with Gasteiger partial charge in [0, 0.05) is 33.2 Å². The van der Waals surface area contributed by atoms with E-state index in [0.29, 0.717) is 5.69 Å². The number of aromatic carboxylic acids is 1. The highest BCUT2D eigenvalue weighted by molar-refractivity contribution is 5.87. The van der Waals surface area contributed by atoms with Crippen molar-refractivity contribution >= 4 is 5.97 Å². The van der Waals surface area contributed by atoms with Gasteiger partial charge >= 0.3 is 5.97 Å². The minimum absolute atomic E-state index is 0.159. The van der Waals surface area contributed by atoms with Crippen molar-refractivity contribution in [3.8, 4) is 0 Å². The van der Waals surface area contributed by atoms with E-state index in [1.165, 1.54) is 39.7 Å². The van der Waals surface area contributed by atoms with Gasteiger partial charge in [-0.3, -0.25) is 4.98 Å². The summed E-state index contributed by atoms with van der Waals surface area (Å²) < 4.78 is 15.3. The summed E-state index contributed by atoms with van der Waals surface area (Å²) in [5, 5.41) is 8.86. The molecule has 0 aliphatic rings. The van der Waals surface area contributed by atoms with E-state index in [1.807, 2.05) is 0 Å². The van der Waals surface area contributed by atoms with Crippen LogP contribution in [0.25, 0.3) is 0 Å². The van der Waals surface area contributed by atoms with Crippen molar-refractivity contribution in [2.75, 3.05) is 21.3 Å². The van der Waals surface area contributed by atoms with Crippen LogP contribution in [-0.4, -0.2) is 43.4 Å². The van der Waals surface area contributed by atoms with Crippen LogP contribution in [0, 0.1) is 0 Å². The Bertz CT molecular complexity index is 381. The number of nitrogens with zero attached hydrogens (tertiary/aromatic N) is 1. The van der Waals surface area contributed by atoms with Crippen molar-refractivity contribution in [3.05, 3.63) is 29.6 Å². The van der Waals surface area contributed by atoms with Gasteiger partial charge in [0.1, 0.15) is 0 Å². The van der Waals surface area contributed by atoms with Gasteiger partial charge < -0.3 is 19.3 Å². The Morgan fingerprint density at radius 3 is 2.41 bits per heavy atom. The molecule has 0 spiro atoms. The molecule has 6 heteroatoms. The third-order valence-electron chi connectivity index (χ3n) is 2.39. The Morgan fingerprint density at radius 2 is 1.94 bits per heavy atom. The zero-order valence-corrected chi connectivity index (χ0v) is 9.97. The summed E-state index contributed by atoms with van der Waals surface area (Å²) in [6.45, 7) is 0. The first-order valence-corrected chi connectivity index (χ1v) is 4.90. The molecular weight excluding hydrogens is 226 g/mol. The van der Waals surface area contributed by atoms with E-state index >= 15 is 0 Å². The minimum atomic E-state index is -1.25. The Hall–Kier alpha value is -1.50. The van der Waals surface area contributed by atoms with Crippen molar-refractivity contribution in [1.29, 1.82) is 0 Å². The molecule has 0 unspecified atom stereocenters. The average molecular weight is 241 g/mol. The first-order chi connectivity index (χ1) is 8.06. The summed E-state index contributed by atoms with van der Waals surface area (Å²) in [6.07, 6.45) is 1.61. The van der Waals surface area contributed by atoms with Crippen LogP contribution in [0.4, 0.5) is 0 Å². The van der Waals surface area contributed by atoms with Crippen molar-refractivity contribution < 1.29 is 24.1 Å². The number of carbonyl (C=O) groups is 1. The molecule has 1 aromatic rings. The van der Waals surface area contributed by atoms with Crippen LogP contribution in [0.3, 0.4) is 0 Å². The second-order valence-electron chi connectivity index (χ2n) is 3.31. The second kappa shape index (κ2) is 5.72. The van der Waals surface area contributed by atoms with E-state index in [-0.39, 0.29) is 12.0 Å². The Kier molecular flexibility index (Phi) is 4.56. The van der Waals surface area contributed by atoms with Gasteiger partial charge in [-0.05, 0) is 12.1 Å². The van der Waals surface area contributed by atoms with Gasteiger partial charge in [-0.1, -0.05) is 0 Å². The smallest absolute Gasteiger partial charge is 0.335 e. The molecule has 0 saturated carbocycles. The van der Waals surface area contributed by atoms with Gasteiger partial charge in [-0.25, -0.2) is 4.79 Å². The molecule has 0 aliphatic heterocycles. The van der Waals surface area contributed by atoms with Crippen LogP contribution in [0.2, 0.25) is 0 Å². The number of carboxylic acid groups (broad SMARTS) is 1. The number of hydrogen-bond donors (Lipinski definition) is 1. The van der Waals surface area contributed by atoms with Gasteiger partial charge in [-0.2, -0.15) is 0 Å². The SMILES string of the molecule is COC(Cc1cc(C(=O)O)ccn1)(OC)OC. The summed E-state index contributed by atoms with van der Waals surface area (Å²) in [6, 6.07) is 2.87. The molecule has 17 heavy (non-hydrogen) atoms. The fraction of sp³-hybridized carbons (Fsp3) is 0.455. The van der Waals surface area contributed by atoms with Gasteiger partial charge in [0.05, 0.1) is 12.0 Å². The average Bonchev–Trinajstić information content (AvgIpc) is 2.36. The highest BCUT2D eigenvalue weighted by Gasteiger charge is 2.30. The molecule has 0 bridgehead atoms. The molecule has 6 nitrogen and oxygen atoms in total. The maximum absolute atomic E-state index is 10.8. The molecule has 0 atom stereocenters. The Morgan fingerprint density at radius 1 is 1.35 bits per heavy atom. The second-order valence-corrected chi connectivity index (χ2v) is 3.31. The topological polar surface area (TPSA) is 77.9 Å². The maximum Gasteiger partial charge on any atom is 0.335 e. The molecule has 0 saturated heterocycles. The van der Waals surface area contributed by atoms with Crippen molar-refractivity contribution in [3.63, 3.8) is 0 Å². The van der Waals surface area contributed by atoms with Crippen molar-refractivity contribution in [1.82, 2.24) is 4.98 Å². The third kappa shape index (κ3) is 3.23. The number of hydrogen-bond acceptors (Lipinski definition) is 5. The maximum atomic E-state index is 10.8. The lowest BCUT2D eigenvalue weighted by molar-refractivity contribution is -0.351. The van der Waals surface area contributed by atoms with E-state index in [0.717, 1.165) is 0 Å². The van der Waals surface area contributed by atoms with Gasteiger partial charge in [0.25, 0.3) is 5.97 Å². The lowest BCUT2D eigenvalue weighted by atomic mass is 10.2. The lowest BCUT2D eigenvalue weighted by Gasteiger charge is -2.28. The van der Waals surface area contributed by atoms with Crippen molar-refractivity contribution in [2.45, 2.75) is 12.4 Å². The third-order valence-corrected chi connectivity index (χ3v) is 2.39. The van der Waals surface area contributed by atoms with Crippen LogP contribution in [0.15, 0.2) is 18.3 Å². The normalized spacial score (nSPS) is 11.5. The summed E-state index contributed by atoms with van der Waals surface area (Å²) >= 11 is 0. The number of aromatic nitrogens is 1. The fourth-order valence-corrected chi connectivity index (χ4v) is 1.40. The van der Waals surface area contributed by atoms with Crippen LogP contribution in [-0.2, 0) is 20.6 Å². The highest BCUT2D eigenvalue weighted by Crippen LogP contribution is 2.18. The molecule has 1 heterocycles. The zero-order valence-electron chi connectivity index (χ0n) is 9.97. The number of carboxylic acids is 1. The first-order valence-electron chi connectivity index (χ1n) is 4.90. The predicted octanol–water partition coefficient (Wildman–Crippen LogP) is 0.915. The molecule has 0 aromatic carbocycles. The van der Waals surface area contributed by atoms with Crippen LogP contribution in [0.1, 0.15) is 16.1 Å². The quantitative estimate of drug-likeness (QED) is 0.746. The van der Waals surface area contributed by atoms with E-state index < -0.39 is 11.9 Å². The first kappa shape index (κ1) is 13.6. The van der Waals surface area contributed by atoms with Gasteiger partial charge in [0.15, 0.2) is 0 Å². The largest absolute Gasteiger partial charge is 0.478 e. The van der Waals surface area contributed by atoms with Gasteiger partial charge in [0.2, 0.25) is 0 Å². The highest BCUT2D eigenvalue weighted by atomic mass is 16.9. The fourth-order valence-electron chi connectivity index (χ4n) is 1.40. The number of methoxy groups -OCH3 is 3. The molecule has 0 aliphatic carbocycles. The number of pyridine rings is 1. The zero-order chi connectivity index (χ0) is 12.9. The number of ether oxygens (including phenoxy) is 3. The van der Waals surface area contributed by atoms with E-state index in [9.17, 15) is 4.79 Å². The molecule has 94 valence electrons. The predicted molar refractivity (Wildman–Crippen MR) is 58.7 cm³/mol. The van der Waals surface area contributed by atoms with E-state index in [1.54, 1.807) is 0 Å². The summed E-state index contributed by atoms with van der Waals surface area (Å²) in [7, 11) is 4.32. The molecule has 1 rings (SSSR count). The summed E-state index contributed by atoms with van der Waals surface area (Å²) in [5.41, 5.74) is 0.669. The summed E-state index contributed by atoms with van der Waals surface area (Å²) in [4.78, 5) is 14.9. The summed E-state index contributed by atoms with van der Waals surface area (Å²) in [5.74, 6) is -2.25. The van der Waals surface area contributed by atoms with Crippen LogP contribution in [0.5, 0.6) is 0 Å². The monoisotopic (exact) mass is 241 g/mol. The molecule has 0 radical (unpaired) electrons. The Labute approximate surface area is 99.1 Å². The molecular formula is C11H15NO5. The lowest BCUT2D eigenvalue weighted by Crippen LogP contribution is -2.38. The standard InChI is InChI=1S/C11H15NO5/c1-15-11(16-2,17-3)7-9-6-8(10(13)14)4-5-12-9/h4-6H,7H2,1-3H3,(H,13,14). The molecule has 1 aromatic heterocycles. The van der Waals surface area contributed by atoms with E-state index in [4.69, 9.17) is 19.3 Å². The van der Waals surface area contributed by atoms with Gasteiger partial charge in [-0.15, -0.1) is 0 Å². The minimum Gasteiger partial charge on any atom is -0.478 e. The Balaban J connectivity index is 2.93.